The lowest BCUT2D eigenvalue weighted by atomic mass is 10.2. The van der Waals surface area contributed by atoms with Gasteiger partial charge in [-0.2, -0.15) is 0 Å². The minimum atomic E-state index is -0.00945. The third-order valence-corrected chi connectivity index (χ3v) is 2.67. The molecule has 0 saturated heterocycles. The van der Waals surface area contributed by atoms with E-state index in [4.69, 9.17) is 9.84 Å². The topological polar surface area (TPSA) is 49.8 Å². The first-order valence-electron chi connectivity index (χ1n) is 6.09. The summed E-state index contributed by atoms with van der Waals surface area (Å²) in [7, 11) is 1.93. The van der Waals surface area contributed by atoms with Crippen molar-refractivity contribution in [3.63, 3.8) is 0 Å². The van der Waals surface area contributed by atoms with Crippen molar-refractivity contribution in [3.05, 3.63) is 23.8 Å². The lowest BCUT2D eigenvalue weighted by Crippen LogP contribution is -2.21. The highest BCUT2D eigenvalue weighted by atomic mass is 16.5. The first kappa shape index (κ1) is 14.5. The van der Waals surface area contributed by atoms with Gasteiger partial charge in [-0.1, -0.05) is 6.07 Å². The molecule has 0 bridgehead atoms. The molecule has 0 radical (unpaired) electrons. The molecule has 1 rings (SSSR count). The van der Waals surface area contributed by atoms with E-state index in [1.54, 1.807) is 6.92 Å². The molecule has 0 heterocycles. The number of benzene rings is 1. The Morgan fingerprint density at radius 1 is 1.44 bits per heavy atom. The van der Waals surface area contributed by atoms with E-state index in [1.165, 1.54) is 0 Å². The maximum absolute atomic E-state index is 11.0. The fourth-order valence-corrected chi connectivity index (χ4v) is 1.65. The van der Waals surface area contributed by atoms with Gasteiger partial charge >= 0.3 is 0 Å². The molecular formula is C14H21NO3. The number of carbonyl (C=O) groups is 1. The second kappa shape index (κ2) is 7.01. The molecule has 1 N–H and O–H groups in total. The average molecular weight is 251 g/mol. The van der Waals surface area contributed by atoms with Crippen LogP contribution in [-0.4, -0.2) is 37.7 Å². The van der Waals surface area contributed by atoms with Crippen molar-refractivity contribution in [2.24, 2.45) is 0 Å². The molecule has 0 fully saturated rings. The van der Waals surface area contributed by atoms with Gasteiger partial charge in [0.1, 0.15) is 18.1 Å². The summed E-state index contributed by atoms with van der Waals surface area (Å²) in [6.07, 6.45) is 0.518. The zero-order valence-electron chi connectivity index (χ0n) is 11.3. The summed E-state index contributed by atoms with van der Waals surface area (Å²) in [6, 6.07) is 5.88. The molecule has 0 spiro atoms. The van der Waals surface area contributed by atoms with E-state index >= 15 is 0 Å². The fourth-order valence-electron chi connectivity index (χ4n) is 1.65. The number of carbonyl (C=O) groups excluding carboxylic acids is 1. The van der Waals surface area contributed by atoms with Crippen LogP contribution in [0.25, 0.3) is 0 Å². The van der Waals surface area contributed by atoms with Crippen molar-refractivity contribution in [2.45, 2.75) is 20.3 Å². The Bertz CT molecular complexity index is 404. The molecule has 0 saturated carbocycles. The molecule has 0 aliphatic rings. The average Bonchev–Trinajstić information content (AvgIpc) is 2.34. The van der Waals surface area contributed by atoms with Crippen LogP contribution in [0.15, 0.2) is 18.2 Å². The maximum atomic E-state index is 11.0. The van der Waals surface area contributed by atoms with Gasteiger partial charge in [0.25, 0.3) is 0 Å². The Labute approximate surface area is 108 Å². The van der Waals surface area contributed by atoms with Gasteiger partial charge in [-0.05, 0) is 31.5 Å². The Morgan fingerprint density at radius 2 is 2.17 bits per heavy atom. The van der Waals surface area contributed by atoms with Crippen molar-refractivity contribution in [1.29, 1.82) is 0 Å². The molecule has 4 heteroatoms. The number of aliphatic hydroxyl groups excluding tert-OH is 1. The number of ether oxygens (including phenoxy) is 1. The highest BCUT2D eigenvalue weighted by Crippen LogP contribution is 2.28. The third kappa shape index (κ3) is 4.37. The third-order valence-electron chi connectivity index (χ3n) is 2.67. The quantitative estimate of drug-likeness (QED) is 0.802. The number of anilines is 1. The molecule has 100 valence electrons. The van der Waals surface area contributed by atoms with Crippen LogP contribution in [0.5, 0.6) is 5.75 Å². The maximum Gasteiger partial charge on any atom is 0.142 e. The van der Waals surface area contributed by atoms with Crippen LogP contribution >= 0.6 is 0 Å². The molecule has 4 nitrogen and oxygen atoms in total. The lowest BCUT2D eigenvalue weighted by Gasteiger charge is -2.22. The van der Waals surface area contributed by atoms with Crippen LogP contribution in [0.4, 0.5) is 5.69 Å². The summed E-state index contributed by atoms with van der Waals surface area (Å²) in [5.74, 6) is 0.910. The number of nitrogens with zero attached hydrogens (tertiary/aromatic N) is 1. The normalized spacial score (nSPS) is 10.2. The predicted molar refractivity (Wildman–Crippen MR) is 72.3 cm³/mol. The first-order valence-corrected chi connectivity index (χ1v) is 6.09. The van der Waals surface area contributed by atoms with Gasteiger partial charge in [0.2, 0.25) is 0 Å². The molecular weight excluding hydrogens is 230 g/mol. The van der Waals surface area contributed by atoms with Gasteiger partial charge in [-0.3, -0.25) is 4.79 Å². The molecule has 0 amide bonds. The monoisotopic (exact) mass is 251 g/mol. The molecule has 0 aromatic heterocycles. The SMILES string of the molecule is CC(=O)CCN(C)c1cc(C)ccc1OCCO. The second-order valence-corrected chi connectivity index (χ2v) is 4.42. The highest BCUT2D eigenvalue weighted by Gasteiger charge is 2.09. The van der Waals surface area contributed by atoms with E-state index in [1.807, 2.05) is 37.1 Å². The van der Waals surface area contributed by atoms with E-state index in [2.05, 4.69) is 0 Å². The van der Waals surface area contributed by atoms with Crippen LogP contribution in [0.1, 0.15) is 18.9 Å². The number of hydrogen-bond donors (Lipinski definition) is 1. The van der Waals surface area contributed by atoms with Gasteiger partial charge in [0.05, 0.1) is 12.3 Å². The molecule has 0 aliphatic carbocycles. The fraction of sp³-hybridized carbons (Fsp3) is 0.500. The Morgan fingerprint density at radius 3 is 2.78 bits per heavy atom. The summed E-state index contributed by atoms with van der Waals surface area (Å²) in [4.78, 5) is 13.0. The van der Waals surface area contributed by atoms with E-state index in [9.17, 15) is 4.79 Å². The minimum absolute atomic E-state index is 0.00945. The van der Waals surface area contributed by atoms with Crippen LogP contribution in [0, 0.1) is 6.92 Å². The molecule has 0 aliphatic heterocycles. The Balaban J connectivity index is 2.82. The largest absolute Gasteiger partial charge is 0.489 e. The van der Waals surface area contributed by atoms with Gasteiger partial charge in [0, 0.05) is 20.0 Å². The van der Waals surface area contributed by atoms with E-state index in [-0.39, 0.29) is 19.0 Å². The van der Waals surface area contributed by atoms with Crippen LogP contribution < -0.4 is 9.64 Å². The second-order valence-electron chi connectivity index (χ2n) is 4.42. The van der Waals surface area contributed by atoms with E-state index in [0.717, 1.165) is 17.0 Å². The van der Waals surface area contributed by atoms with Gasteiger partial charge in [0.15, 0.2) is 0 Å². The minimum Gasteiger partial charge on any atom is -0.489 e. The molecule has 18 heavy (non-hydrogen) atoms. The zero-order chi connectivity index (χ0) is 13.5. The summed E-state index contributed by atoms with van der Waals surface area (Å²) >= 11 is 0. The molecule has 0 atom stereocenters. The lowest BCUT2D eigenvalue weighted by molar-refractivity contribution is -0.116. The summed E-state index contributed by atoms with van der Waals surface area (Å²) in [5, 5.41) is 8.80. The van der Waals surface area contributed by atoms with Gasteiger partial charge in [-0.15, -0.1) is 0 Å². The number of rotatable bonds is 7. The van der Waals surface area contributed by atoms with Crippen molar-refractivity contribution >= 4 is 11.5 Å². The van der Waals surface area contributed by atoms with E-state index in [0.29, 0.717) is 13.0 Å². The Kier molecular flexibility index (Phi) is 5.65. The number of aliphatic hydroxyl groups is 1. The van der Waals surface area contributed by atoms with Crippen molar-refractivity contribution in [3.8, 4) is 5.75 Å². The number of Topliss-reactive ketones (excluding diaryl/α,β-unsaturated/α-hetero) is 1. The van der Waals surface area contributed by atoms with Crippen molar-refractivity contribution < 1.29 is 14.6 Å². The molecule has 1 aromatic rings. The molecule has 1 aromatic carbocycles. The van der Waals surface area contributed by atoms with Crippen LogP contribution in [-0.2, 0) is 4.79 Å². The van der Waals surface area contributed by atoms with Crippen LogP contribution in [0.3, 0.4) is 0 Å². The zero-order valence-corrected chi connectivity index (χ0v) is 11.3. The first-order chi connectivity index (χ1) is 8.54. The summed E-state index contributed by atoms with van der Waals surface area (Å²) in [6.45, 7) is 4.53. The van der Waals surface area contributed by atoms with Gasteiger partial charge in [-0.25, -0.2) is 0 Å². The summed E-state index contributed by atoms with van der Waals surface area (Å²) < 4.78 is 5.49. The van der Waals surface area contributed by atoms with Crippen molar-refractivity contribution in [1.82, 2.24) is 0 Å². The Hall–Kier alpha value is -1.55. The number of aryl methyl sites for hydroxylation is 1. The van der Waals surface area contributed by atoms with Crippen LogP contribution in [0.2, 0.25) is 0 Å². The highest BCUT2D eigenvalue weighted by molar-refractivity contribution is 5.76. The van der Waals surface area contributed by atoms with E-state index < -0.39 is 0 Å². The standard InChI is InChI=1S/C14H21NO3/c1-11-4-5-14(18-9-8-16)13(10-11)15(3)7-6-12(2)17/h4-5,10,16H,6-9H2,1-3H3. The number of hydrogen-bond acceptors (Lipinski definition) is 4. The van der Waals surface area contributed by atoms with Crippen molar-refractivity contribution in [2.75, 3.05) is 31.7 Å². The van der Waals surface area contributed by atoms with Gasteiger partial charge < -0.3 is 14.7 Å². The smallest absolute Gasteiger partial charge is 0.142 e. The number of ketones is 1. The summed E-state index contributed by atoms with van der Waals surface area (Å²) in [5.41, 5.74) is 2.08. The molecule has 0 unspecified atom stereocenters. The predicted octanol–water partition coefficient (Wildman–Crippen LogP) is 1.78.